The summed E-state index contributed by atoms with van der Waals surface area (Å²) in [6.07, 6.45) is 0.171. The number of fused-ring (bicyclic) bond motifs is 3. The molecule has 11 heteroatoms. The number of allylic oxidation sites excluding steroid dienone is 2. The Hall–Kier alpha value is -3.37. The van der Waals surface area contributed by atoms with E-state index in [0.29, 0.717) is 17.6 Å². The number of alkyl halides is 3. The highest BCUT2D eigenvalue weighted by Crippen LogP contribution is 2.52. The van der Waals surface area contributed by atoms with Crippen molar-refractivity contribution in [2.24, 2.45) is 5.92 Å². The second kappa shape index (κ2) is 9.74. The van der Waals surface area contributed by atoms with Crippen LogP contribution in [0.5, 0.6) is 11.5 Å². The summed E-state index contributed by atoms with van der Waals surface area (Å²) < 4.78 is 79.5. The van der Waals surface area contributed by atoms with E-state index in [-0.39, 0.29) is 28.5 Å². The van der Waals surface area contributed by atoms with Crippen LogP contribution >= 0.6 is 11.6 Å². The van der Waals surface area contributed by atoms with Gasteiger partial charge in [0.2, 0.25) is 0 Å². The quantitative estimate of drug-likeness (QED) is 0.315. The van der Waals surface area contributed by atoms with Crippen molar-refractivity contribution in [3.63, 3.8) is 0 Å². The van der Waals surface area contributed by atoms with Gasteiger partial charge in [-0.2, -0.15) is 13.2 Å². The molecular weight excluding hydrogens is 541 g/mol. The van der Waals surface area contributed by atoms with Crippen molar-refractivity contribution >= 4 is 33.0 Å². The number of hydrogen-bond acceptors (Lipinski definition) is 5. The minimum Gasteiger partial charge on any atom is -0.493 e. The smallest absolute Gasteiger partial charge is 0.417 e. The zero-order valence-corrected chi connectivity index (χ0v) is 21.9. The predicted octanol–water partition coefficient (Wildman–Crippen LogP) is 7.00. The molecule has 2 aliphatic rings. The topological polar surface area (TPSA) is 76.7 Å². The number of halogens is 4. The van der Waals surface area contributed by atoms with Gasteiger partial charge in [0.1, 0.15) is 0 Å². The molecular formula is C27H24ClF3N2O4S. The second-order valence-corrected chi connectivity index (χ2v) is 11.2. The Labute approximate surface area is 223 Å². The first kappa shape index (κ1) is 26.2. The molecule has 0 fully saturated rings. The highest BCUT2D eigenvalue weighted by molar-refractivity contribution is 7.92. The largest absolute Gasteiger partial charge is 0.493 e. The van der Waals surface area contributed by atoms with Crippen molar-refractivity contribution in [3.05, 3.63) is 88.5 Å². The molecule has 0 amide bonds. The summed E-state index contributed by atoms with van der Waals surface area (Å²) in [5.41, 5.74) is 1.13. The van der Waals surface area contributed by atoms with Gasteiger partial charge in [-0.1, -0.05) is 35.9 Å². The molecule has 1 aliphatic carbocycles. The minimum absolute atomic E-state index is 0.0574. The van der Waals surface area contributed by atoms with E-state index in [0.717, 1.165) is 29.3 Å². The average molecular weight is 565 g/mol. The molecule has 6 nitrogen and oxygen atoms in total. The van der Waals surface area contributed by atoms with Gasteiger partial charge in [-0.3, -0.25) is 4.72 Å². The van der Waals surface area contributed by atoms with E-state index in [1.807, 2.05) is 18.2 Å². The van der Waals surface area contributed by atoms with Crippen LogP contribution in [-0.4, -0.2) is 22.6 Å². The van der Waals surface area contributed by atoms with Crippen molar-refractivity contribution in [3.8, 4) is 11.5 Å². The summed E-state index contributed by atoms with van der Waals surface area (Å²) in [5, 5.41) is 3.03. The Bertz CT molecular complexity index is 1530. The number of hydrogen-bond donors (Lipinski definition) is 2. The Morgan fingerprint density at radius 3 is 2.53 bits per heavy atom. The van der Waals surface area contributed by atoms with E-state index >= 15 is 0 Å². The van der Waals surface area contributed by atoms with Crippen LogP contribution in [0, 0.1) is 5.92 Å². The van der Waals surface area contributed by atoms with Gasteiger partial charge in [-0.15, -0.1) is 0 Å². The fourth-order valence-corrected chi connectivity index (χ4v) is 6.53. The molecule has 0 aromatic heterocycles. The molecule has 38 heavy (non-hydrogen) atoms. The zero-order chi connectivity index (χ0) is 27.2. The van der Waals surface area contributed by atoms with Crippen LogP contribution in [-0.2, 0) is 16.2 Å². The van der Waals surface area contributed by atoms with E-state index in [9.17, 15) is 21.6 Å². The maximum atomic E-state index is 13.3. The molecule has 0 saturated heterocycles. The van der Waals surface area contributed by atoms with Gasteiger partial charge in [-0.25, -0.2) is 8.42 Å². The standard InChI is InChI=1S/C27H24ClF3N2O4S/c1-36-24-8-4-7-19(26(24)37-2)25-18-6-3-5-17(18)20-14-16(10-12-23(20)32-25)38(34,35)33-15-9-11-22(28)21(13-15)27(29,30)31/h3-5,7-14,17-18,25,32-33H,6H2,1-2H3/t17-,18+,25-/m0/s1. The number of para-hydroxylation sites is 1. The summed E-state index contributed by atoms with van der Waals surface area (Å²) in [7, 11) is -1.02. The number of sulfonamides is 1. The molecule has 3 atom stereocenters. The third-order valence-electron chi connectivity index (χ3n) is 6.94. The van der Waals surface area contributed by atoms with Gasteiger partial charge in [-0.05, 0) is 60.4 Å². The predicted molar refractivity (Wildman–Crippen MR) is 140 cm³/mol. The van der Waals surface area contributed by atoms with E-state index < -0.39 is 26.8 Å². The van der Waals surface area contributed by atoms with E-state index in [2.05, 4.69) is 22.2 Å². The third-order valence-corrected chi connectivity index (χ3v) is 8.65. The van der Waals surface area contributed by atoms with Crippen molar-refractivity contribution in [2.45, 2.75) is 29.5 Å². The highest BCUT2D eigenvalue weighted by atomic mass is 35.5. The molecule has 1 aliphatic heterocycles. The maximum Gasteiger partial charge on any atom is 0.417 e. The summed E-state index contributed by atoms with van der Waals surface area (Å²) >= 11 is 5.67. The normalized spacial score (nSPS) is 20.3. The monoisotopic (exact) mass is 564 g/mol. The second-order valence-electron chi connectivity index (χ2n) is 9.11. The van der Waals surface area contributed by atoms with Crippen molar-refractivity contribution in [2.75, 3.05) is 24.3 Å². The fourth-order valence-electron chi connectivity index (χ4n) is 5.22. The summed E-state index contributed by atoms with van der Waals surface area (Å²) in [6.45, 7) is 0. The Morgan fingerprint density at radius 2 is 1.82 bits per heavy atom. The Kier molecular flexibility index (Phi) is 6.73. The first-order valence-electron chi connectivity index (χ1n) is 11.7. The Balaban J connectivity index is 1.49. The maximum absolute atomic E-state index is 13.3. The lowest BCUT2D eigenvalue weighted by atomic mass is 9.77. The van der Waals surface area contributed by atoms with Crippen LogP contribution in [0.1, 0.15) is 35.1 Å². The number of methoxy groups -OCH3 is 2. The molecule has 1 heterocycles. The van der Waals surface area contributed by atoms with Crippen LogP contribution in [0.4, 0.5) is 24.5 Å². The van der Waals surface area contributed by atoms with Crippen molar-refractivity contribution in [1.82, 2.24) is 0 Å². The lowest BCUT2D eigenvalue weighted by Crippen LogP contribution is -2.29. The highest BCUT2D eigenvalue weighted by Gasteiger charge is 2.40. The average Bonchev–Trinajstić information content (AvgIpc) is 3.38. The van der Waals surface area contributed by atoms with Crippen molar-refractivity contribution < 1.29 is 31.1 Å². The first-order valence-corrected chi connectivity index (χ1v) is 13.6. The van der Waals surface area contributed by atoms with E-state index in [4.69, 9.17) is 21.1 Å². The fraction of sp³-hybridized carbons (Fsp3) is 0.259. The van der Waals surface area contributed by atoms with Gasteiger partial charge in [0.15, 0.2) is 11.5 Å². The number of rotatable bonds is 6. The van der Waals surface area contributed by atoms with Crippen LogP contribution < -0.4 is 19.5 Å². The molecule has 2 N–H and O–H groups in total. The summed E-state index contributed by atoms with van der Waals surface area (Å²) in [6, 6.07) is 13.1. The van der Waals surface area contributed by atoms with Crippen LogP contribution in [0.15, 0.2) is 71.6 Å². The van der Waals surface area contributed by atoms with Gasteiger partial charge in [0.25, 0.3) is 10.0 Å². The SMILES string of the molecule is COc1cccc([C@H]2Nc3ccc(S(=O)(=O)Nc4ccc(Cl)c(C(F)(F)F)c4)cc3[C@H]3C=CC[C@H]32)c1OC. The van der Waals surface area contributed by atoms with Gasteiger partial charge >= 0.3 is 6.18 Å². The molecule has 0 unspecified atom stereocenters. The first-order chi connectivity index (χ1) is 18.0. The lowest BCUT2D eigenvalue weighted by Gasteiger charge is -2.38. The number of anilines is 2. The Morgan fingerprint density at radius 1 is 1.03 bits per heavy atom. The number of ether oxygens (including phenoxy) is 2. The van der Waals surface area contributed by atoms with E-state index in [1.165, 1.54) is 12.1 Å². The molecule has 0 radical (unpaired) electrons. The molecule has 0 saturated carbocycles. The van der Waals surface area contributed by atoms with Crippen LogP contribution in [0.2, 0.25) is 5.02 Å². The van der Waals surface area contributed by atoms with Crippen LogP contribution in [0.3, 0.4) is 0 Å². The number of nitrogens with one attached hydrogen (secondary N) is 2. The summed E-state index contributed by atoms with van der Waals surface area (Å²) in [5.74, 6) is 1.25. The molecule has 3 aromatic rings. The van der Waals surface area contributed by atoms with Gasteiger partial charge < -0.3 is 14.8 Å². The van der Waals surface area contributed by atoms with Gasteiger partial charge in [0, 0.05) is 22.9 Å². The molecule has 5 rings (SSSR count). The van der Waals surface area contributed by atoms with Crippen LogP contribution in [0.25, 0.3) is 0 Å². The van der Waals surface area contributed by atoms with E-state index in [1.54, 1.807) is 26.4 Å². The molecule has 200 valence electrons. The zero-order valence-electron chi connectivity index (χ0n) is 20.3. The summed E-state index contributed by atoms with van der Waals surface area (Å²) in [4.78, 5) is -0.0574. The van der Waals surface area contributed by atoms with Crippen molar-refractivity contribution in [1.29, 1.82) is 0 Å². The van der Waals surface area contributed by atoms with Gasteiger partial charge in [0.05, 0.1) is 35.7 Å². The molecule has 0 spiro atoms. The molecule has 0 bridgehead atoms. The third kappa shape index (κ3) is 4.67. The lowest BCUT2D eigenvalue weighted by molar-refractivity contribution is -0.137. The minimum atomic E-state index is -4.72. The number of benzene rings is 3. The molecule has 3 aromatic carbocycles.